The standard InChI is InChI=1S/C14H16BrFO4/c1-3-19-13(17)7-14(18)6-8(2)20-12-5-10(15)11(16)4-9(12)14/h4-5,8,18H,3,6-7H2,1-2H3/t8-,14-/m1/s1. The monoisotopic (exact) mass is 346 g/mol. The zero-order chi connectivity index (χ0) is 14.9. The molecule has 110 valence electrons. The number of esters is 1. The van der Waals surface area contributed by atoms with Gasteiger partial charge in [0.2, 0.25) is 0 Å². The van der Waals surface area contributed by atoms with Crippen LogP contribution in [-0.4, -0.2) is 23.8 Å². The molecule has 0 aromatic heterocycles. The molecular formula is C14H16BrFO4. The van der Waals surface area contributed by atoms with Gasteiger partial charge in [-0.1, -0.05) is 0 Å². The highest BCUT2D eigenvalue weighted by Gasteiger charge is 2.41. The Morgan fingerprint density at radius 1 is 1.65 bits per heavy atom. The van der Waals surface area contributed by atoms with Crippen LogP contribution in [0.15, 0.2) is 16.6 Å². The minimum absolute atomic E-state index is 0.208. The van der Waals surface area contributed by atoms with E-state index in [9.17, 15) is 14.3 Å². The Balaban J connectivity index is 2.40. The van der Waals surface area contributed by atoms with Crippen molar-refractivity contribution >= 4 is 21.9 Å². The van der Waals surface area contributed by atoms with Crippen molar-refractivity contribution in [3.8, 4) is 5.75 Å². The molecule has 0 bridgehead atoms. The van der Waals surface area contributed by atoms with E-state index in [2.05, 4.69) is 15.9 Å². The molecule has 1 heterocycles. The third-order valence-electron chi connectivity index (χ3n) is 3.22. The number of fused-ring (bicyclic) bond motifs is 1. The van der Waals surface area contributed by atoms with E-state index in [-0.39, 0.29) is 35.6 Å². The number of ether oxygens (including phenoxy) is 2. The smallest absolute Gasteiger partial charge is 0.309 e. The molecule has 20 heavy (non-hydrogen) atoms. The molecule has 2 atom stereocenters. The van der Waals surface area contributed by atoms with Crippen LogP contribution in [-0.2, 0) is 15.1 Å². The number of benzene rings is 1. The van der Waals surface area contributed by atoms with Gasteiger partial charge in [-0.2, -0.15) is 0 Å². The number of halogens is 2. The van der Waals surface area contributed by atoms with Crippen molar-refractivity contribution in [3.05, 3.63) is 28.0 Å². The molecule has 0 amide bonds. The lowest BCUT2D eigenvalue weighted by Crippen LogP contribution is -2.39. The Morgan fingerprint density at radius 2 is 2.35 bits per heavy atom. The molecule has 1 aromatic rings. The summed E-state index contributed by atoms with van der Waals surface area (Å²) in [6, 6.07) is 2.67. The van der Waals surface area contributed by atoms with Gasteiger partial charge in [0.15, 0.2) is 0 Å². The zero-order valence-electron chi connectivity index (χ0n) is 11.3. The summed E-state index contributed by atoms with van der Waals surface area (Å²) in [5.41, 5.74) is -1.19. The molecule has 1 aliphatic rings. The van der Waals surface area contributed by atoms with E-state index in [0.717, 1.165) is 0 Å². The first-order valence-corrected chi connectivity index (χ1v) is 7.19. The predicted octanol–water partition coefficient (Wildman–Crippen LogP) is 2.90. The summed E-state index contributed by atoms with van der Waals surface area (Å²) < 4.78 is 24.4. The average molecular weight is 347 g/mol. The molecule has 1 N–H and O–H groups in total. The fourth-order valence-electron chi connectivity index (χ4n) is 2.45. The fourth-order valence-corrected chi connectivity index (χ4v) is 2.77. The number of carbonyl (C=O) groups excluding carboxylic acids is 1. The second kappa shape index (κ2) is 5.69. The van der Waals surface area contributed by atoms with Crippen LogP contribution in [0.2, 0.25) is 0 Å². The summed E-state index contributed by atoms with van der Waals surface area (Å²) in [6.07, 6.45) is -0.290. The Bertz CT molecular complexity index is 534. The van der Waals surface area contributed by atoms with Gasteiger partial charge in [0.1, 0.15) is 17.2 Å². The molecular weight excluding hydrogens is 331 g/mol. The van der Waals surface area contributed by atoms with Gasteiger partial charge in [-0.25, -0.2) is 4.39 Å². The second-order valence-corrected chi connectivity index (χ2v) is 5.76. The normalized spacial score (nSPS) is 24.8. The lowest BCUT2D eigenvalue weighted by molar-refractivity contribution is -0.151. The number of hydrogen-bond donors (Lipinski definition) is 1. The SMILES string of the molecule is CCOC(=O)C[C@]1(O)C[C@@H](C)Oc2cc(Br)c(F)cc21. The highest BCUT2D eigenvalue weighted by molar-refractivity contribution is 9.10. The molecule has 0 radical (unpaired) electrons. The first-order chi connectivity index (χ1) is 9.35. The van der Waals surface area contributed by atoms with Crippen LogP contribution in [0.4, 0.5) is 4.39 Å². The van der Waals surface area contributed by atoms with Gasteiger partial charge in [-0.05, 0) is 41.9 Å². The lowest BCUT2D eigenvalue weighted by Gasteiger charge is -2.37. The van der Waals surface area contributed by atoms with E-state index < -0.39 is 17.4 Å². The van der Waals surface area contributed by atoms with Crippen molar-refractivity contribution in [1.82, 2.24) is 0 Å². The van der Waals surface area contributed by atoms with E-state index in [1.165, 1.54) is 12.1 Å². The zero-order valence-corrected chi connectivity index (χ0v) is 12.9. The van der Waals surface area contributed by atoms with Crippen LogP contribution >= 0.6 is 15.9 Å². The Morgan fingerprint density at radius 3 is 3.00 bits per heavy atom. The Hall–Kier alpha value is -1.14. The van der Waals surface area contributed by atoms with Gasteiger partial charge in [0, 0.05) is 12.0 Å². The molecule has 0 saturated carbocycles. The predicted molar refractivity (Wildman–Crippen MR) is 74.0 cm³/mol. The van der Waals surface area contributed by atoms with Crippen LogP contribution in [0.5, 0.6) is 5.75 Å². The van der Waals surface area contributed by atoms with Gasteiger partial charge in [0.25, 0.3) is 0 Å². The molecule has 4 nitrogen and oxygen atoms in total. The summed E-state index contributed by atoms with van der Waals surface area (Å²) in [7, 11) is 0. The van der Waals surface area contributed by atoms with Crippen molar-refractivity contribution in [2.24, 2.45) is 0 Å². The third kappa shape index (κ3) is 2.96. The summed E-state index contributed by atoms with van der Waals surface area (Å²) in [4.78, 5) is 11.7. The largest absolute Gasteiger partial charge is 0.490 e. The molecule has 1 aromatic carbocycles. The highest BCUT2D eigenvalue weighted by atomic mass is 79.9. The lowest BCUT2D eigenvalue weighted by atomic mass is 9.83. The van der Waals surface area contributed by atoms with Gasteiger partial charge in [-0.3, -0.25) is 4.79 Å². The van der Waals surface area contributed by atoms with Gasteiger partial charge in [0.05, 0.1) is 23.6 Å². The van der Waals surface area contributed by atoms with Crippen molar-refractivity contribution in [3.63, 3.8) is 0 Å². The van der Waals surface area contributed by atoms with Crippen molar-refractivity contribution in [2.75, 3.05) is 6.61 Å². The minimum Gasteiger partial charge on any atom is -0.490 e. The summed E-state index contributed by atoms with van der Waals surface area (Å²) in [5, 5.41) is 10.7. The molecule has 1 aliphatic heterocycles. The van der Waals surface area contributed by atoms with Crippen LogP contribution in [0.1, 0.15) is 32.3 Å². The first kappa shape index (κ1) is 15.3. The molecule has 2 rings (SSSR count). The van der Waals surface area contributed by atoms with E-state index in [1.54, 1.807) is 13.8 Å². The third-order valence-corrected chi connectivity index (χ3v) is 3.83. The van der Waals surface area contributed by atoms with E-state index >= 15 is 0 Å². The number of aliphatic hydroxyl groups is 1. The molecule has 0 fully saturated rings. The van der Waals surface area contributed by atoms with Crippen LogP contribution < -0.4 is 4.74 Å². The van der Waals surface area contributed by atoms with Crippen LogP contribution in [0.3, 0.4) is 0 Å². The number of carbonyl (C=O) groups is 1. The van der Waals surface area contributed by atoms with Crippen LogP contribution in [0, 0.1) is 5.82 Å². The number of rotatable bonds is 3. The fraction of sp³-hybridized carbons (Fsp3) is 0.500. The topological polar surface area (TPSA) is 55.8 Å². The molecule has 0 aliphatic carbocycles. The van der Waals surface area contributed by atoms with Gasteiger partial charge >= 0.3 is 5.97 Å². The van der Waals surface area contributed by atoms with Crippen molar-refractivity contribution < 1.29 is 23.8 Å². The Kier molecular flexibility index (Phi) is 4.34. The first-order valence-electron chi connectivity index (χ1n) is 6.40. The van der Waals surface area contributed by atoms with Gasteiger partial charge in [-0.15, -0.1) is 0 Å². The minimum atomic E-state index is -1.47. The second-order valence-electron chi connectivity index (χ2n) is 4.91. The summed E-state index contributed by atoms with van der Waals surface area (Å²) in [6.45, 7) is 3.72. The maximum Gasteiger partial charge on any atom is 0.309 e. The molecule has 6 heteroatoms. The maximum atomic E-state index is 13.7. The van der Waals surface area contributed by atoms with Gasteiger partial charge < -0.3 is 14.6 Å². The maximum absolute atomic E-state index is 13.7. The highest BCUT2D eigenvalue weighted by Crippen LogP contribution is 2.43. The quantitative estimate of drug-likeness (QED) is 0.855. The number of hydrogen-bond acceptors (Lipinski definition) is 4. The summed E-state index contributed by atoms with van der Waals surface area (Å²) in [5.74, 6) is -0.647. The van der Waals surface area contributed by atoms with Crippen LogP contribution in [0.25, 0.3) is 0 Å². The van der Waals surface area contributed by atoms with Crippen molar-refractivity contribution in [2.45, 2.75) is 38.4 Å². The van der Waals surface area contributed by atoms with E-state index in [4.69, 9.17) is 9.47 Å². The summed E-state index contributed by atoms with van der Waals surface area (Å²) >= 11 is 3.08. The van der Waals surface area contributed by atoms with Crippen molar-refractivity contribution in [1.29, 1.82) is 0 Å². The Labute approximate surface area is 125 Å². The molecule has 0 saturated heterocycles. The molecule has 0 unspecified atom stereocenters. The molecule has 0 spiro atoms. The van der Waals surface area contributed by atoms with E-state index in [0.29, 0.717) is 5.75 Å². The van der Waals surface area contributed by atoms with E-state index in [1.807, 2.05) is 0 Å². The average Bonchev–Trinajstić information content (AvgIpc) is 2.31.